The highest BCUT2D eigenvalue weighted by Crippen LogP contribution is 2.31. The Morgan fingerprint density at radius 3 is 1.38 bits per heavy atom. The molecule has 0 atom stereocenters. The van der Waals surface area contributed by atoms with Crippen molar-refractivity contribution in [2.75, 3.05) is 11.5 Å². The zero-order chi connectivity index (χ0) is 20.4. The summed E-state index contributed by atoms with van der Waals surface area (Å²) < 4.78 is 0. The first-order valence-electron chi connectivity index (χ1n) is 9.84. The highest BCUT2D eigenvalue weighted by Gasteiger charge is 2.10. The molecule has 144 valence electrons. The molecule has 0 aliphatic rings. The van der Waals surface area contributed by atoms with Gasteiger partial charge in [-0.05, 0) is 59.0 Å². The van der Waals surface area contributed by atoms with E-state index >= 15 is 0 Å². The molecule has 0 amide bonds. The van der Waals surface area contributed by atoms with E-state index in [0.29, 0.717) is 5.92 Å². The summed E-state index contributed by atoms with van der Waals surface area (Å²) in [6, 6.07) is 28.7. The largest absolute Gasteiger partial charge is 0.399 e. The van der Waals surface area contributed by atoms with E-state index in [2.05, 4.69) is 50.2 Å². The van der Waals surface area contributed by atoms with Crippen molar-refractivity contribution in [3.63, 3.8) is 0 Å². The molecule has 29 heavy (non-hydrogen) atoms. The van der Waals surface area contributed by atoms with Crippen LogP contribution in [0.5, 0.6) is 0 Å². The van der Waals surface area contributed by atoms with Crippen molar-refractivity contribution in [3.8, 4) is 33.6 Å². The lowest BCUT2D eigenvalue weighted by molar-refractivity contribution is 0.867. The fourth-order valence-electron chi connectivity index (χ4n) is 3.36. The van der Waals surface area contributed by atoms with Crippen LogP contribution in [0.15, 0.2) is 84.9 Å². The van der Waals surface area contributed by atoms with E-state index in [9.17, 15) is 0 Å². The fraction of sp³-hybridized carbons (Fsp3) is 0.115. The summed E-state index contributed by atoms with van der Waals surface area (Å²) in [5.41, 5.74) is 20.8. The van der Waals surface area contributed by atoms with Gasteiger partial charge < -0.3 is 11.5 Å². The number of hydrogen-bond acceptors (Lipinski definition) is 3. The van der Waals surface area contributed by atoms with Gasteiger partial charge >= 0.3 is 0 Å². The van der Waals surface area contributed by atoms with Crippen molar-refractivity contribution < 1.29 is 0 Å². The molecule has 4 aromatic rings. The smallest absolute Gasteiger partial charge is 0.0715 e. The molecule has 4 N–H and O–H groups in total. The standard InChI is InChI=1S/C26H25N3/c1-17(2)18-3-5-19(6-4-18)22-15-25(20-7-11-23(27)12-8-20)29-26(16-22)21-9-13-24(28)14-10-21/h3-17H,27-28H2,1-2H3. The van der Waals surface area contributed by atoms with Gasteiger partial charge in [-0.25, -0.2) is 4.98 Å². The molecule has 0 unspecified atom stereocenters. The van der Waals surface area contributed by atoms with Crippen LogP contribution >= 0.6 is 0 Å². The Morgan fingerprint density at radius 1 is 0.552 bits per heavy atom. The molecule has 0 spiro atoms. The van der Waals surface area contributed by atoms with Crippen molar-refractivity contribution in [1.29, 1.82) is 0 Å². The van der Waals surface area contributed by atoms with Gasteiger partial charge in [0.2, 0.25) is 0 Å². The topological polar surface area (TPSA) is 64.9 Å². The molecule has 0 bridgehead atoms. The molecule has 3 heteroatoms. The van der Waals surface area contributed by atoms with Crippen LogP contribution in [0.25, 0.3) is 33.6 Å². The maximum absolute atomic E-state index is 5.87. The van der Waals surface area contributed by atoms with E-state index in [0.717, 1.165) is 39.5 Å². The normalized spacial score (nSPS) is 11.0. The van der Waals surface area contributed by atoms with Gasteiger partial charge in [0.15, 0.2) is 0 Å². The van der Waals surface area contributed by atoms with Crippen LogP contribution in [-0.4, -0.2) is 4.98 Å². The molecule has 0 radical (unpaired) electrons. The molecular formula is C26H25N3. The fourth-order valence-corrected chi connectivity index (χ4v) is 3.36. The number of rotatable bonds is 4. The number of benzene rings is 3. The summed E-state index contributed by atoms with van der Waals surface area (Å²) in [4.78, 5) is 4.92. The van der Waals surface area contributed by atoms with E-state index in [1.54, 1.807) is 0 Å². The minimum Gasteiger partial charge on any atom is -0.399 e. The van der Waals surface area contributed by atoms with Crippen LogP contribution in [0.4, 0.5) is 11.4 Å². The van der Waals surface area contributed by atoms with E-state index in [1.165, 1.54) is 11.1 Å². The average molecular weight is 380 g/mol. The van der Waals surface area contributed by atoms with Gasteiger partial charge in [0, 0.05) is 22.5 Å². The SMILES string of the molecule is CC(C)c1ccc(-c2cc(-c3ccc(N)cc3)nc(-c3ccc(N)cc3)c2)cc1. The highest BCUT2D eigenvalue weighted by atomic mass is 14.7. The monoisotopic (exact) mass is 379 g/mol. The zero-order valence-corrected chi connectivity index (χ0v) is 16.8. The zero-order valence-electron chi connectivity index (χ0n) is 16.8. The number of nitrogen functional groups attached to an aromatic ring is 2. The van der Waals surface area contributed by atoms with Crippen LogP contribution in [-0.2, 0) is 0 Å². The molecule has 0 aliphatic carbocycles. The average Bonchev–Trinajstić information content (AvgIpc) is 2.74. The van der Waals surface area contributed by atoms with Gasteiger partial charge in [-0.2, -0.15) is 0 Å². The van der Waals surface area contributed by atoms with E-state index in [-0.39, 0.29) is 0 Å². The summed E-state index contributed by atoms with van der Waals surface area (Å²) in [5.74, 6) is 0.511. The molecule has 1 aromatic heterocycles. The van der Waals surface area contributed by atoms with E-state index < -0.39 is 0 Å². The Kier molecular flexibility index (Phi) is 5.05. The van der Waals surface area contributed by atoms with E-state index in [1.807, 2.05) is 48.5 Å². The van der Waals surface area contributed by atoms with Crippen molar-refractivity contribution in [1.82, 2.24) is 4.98 Å². The maximum Gasteiger partial charge on any atom is 0.0715 e. The first-order valence-corrected chi connectivity index (χ1v) is 9.84. The summed E-state index contributed by atoms with van der Waals surface area (Å²) in [5, 5.41) is 0. The number of pyridine rings is 1. The van der Waals surface area contributed by atoms with Crippen molar-refractivity contribution in [3.05, 3.63) is 90.5 Å². The minimum absolute atomic E-state index is 0.511. The number of nitrogens with zero attached hydrogens (tertiary/aromatic N) is 1. The molecule has 0 saturated heterocycles. The minimum atomic E-state index is 0.511. The first-order chi connectivity index (χ1) is 14.0. The number of aromatic nitrogens is 1. The Morgan fingerprint density at radius 2 is 0.966 bits per heavy atom. The summed E-state index contributed by atoms with van der Waals surface area (Å²) in [6.45, 7) is 4.42. The van der Waals surface area contributed by atoms with Crippen LogP contribution in [0.3, 0.4) is 0 Å². The molecule has 4 rings (SSSR count). The molecule has 0 fully saturated rings. The Hall–Kier alpha value is -3.59. The second-order valence-corrected chi connectivity index (χ2v) is 7.65. The molecular weight excluding hydrogens is 354 g/mol. The molecule has 0 saturated carbocycles. The van der Waals surface area contributed by atoms with Crippen molar-refractivity contribution >= 4 is 11.4 Å². The Bertz CT molecular complexity index is 1050. The lowest BCUT2D eigenvalue weighted by Gasteiger charge is -2.12. The molecule has 0 aliphatic heterocycles. The highest BCUT2D eigenvalue weighted by molar-refractivity contribution is 5.77. The predicted octanol–water partition coefficient (Wildman–Crippen LogP) is 6.37. The van der Waals surface area contributed by atoms with Gasteiger partial charge in [-0.1, -0.05) is 62.4 Å². The van der Waals surface area contributed by atoms with Crippen LogP contribution in [0.1, 0.15) is 25.3 Å². The lowest BCUT2D eigenvalue weighted by Crippen LogP contribution is -1.93. The third-order valence-corrected chi connectivity index (χ3v) is 5.15. The molecule has 3 aromatic carbocycles. The van der Waals surface area contributed by atoms with Gasteiger partial charge in [0.1, 0.15) is 0 Å². The summed E-state index contributed by atoms with van der Waals surface area (Å²) in [6.07, 6.45) is 0. The Labute approximate surface area is 172 Å². The third kappa shape index (κ3) is 4.14. The molecule has 3 nitrogen and oxygen atoms in total. The van der Waals surface area contributed by atoms with Gasteiger partial charge in [0.05, 0.1) is 11.4 Å². The van der Waals surface area contributed by atoms with Crippen LogP contribution in [0, 0.1) is 0 Å². The van der Waals surface area contributed by atoms with E-state index in [4.69, 9.17) is 16.5 Å². The van der Waals surface area contributed by atoms with Crippen molar-refractivity contribution in [2.24, 2.45) is 0 Å². The number of nitrogens with two attached hydrogens (primary N) is 2. The predicted molar refractivity (Wildman–Crippen MR) is 123 cm³/mol. The van der Waals surface area contributed by atoms with Gasteiger partial charge in [0.25, 0.3) is 0 Å². The number of hydrogen-bond donors (Lipinski definition) is 2. The quantitative estimate of drug-likeness (QED) is 0.405. The van der Waals surface area contributed by atoms with Gasteiger partial charge in [-0.15, -0.1) is 0 Å². The molecule has 1 heterocycles. The maximum atomic E-state index is 5.87. The Balaban J connectivity index is 1.85. The van der Waals surface area contributed by atoms with Crippen LogP contribution in [0.2, 0.25) is 0 Å². The number of anilines is 2. The lowest BCUT2D eigenvalue weighted by atomic mass is 9.96. The van der Waals surface area contributed by atoms with Crippen LogP contribution < -0.4 is 11.5 Å². The first kappa shape index (κ1) is 18.8. The second kappa shape index (κ2) is 7.80. The van der Waals surface area contributed by atoms with Crippen molar-refractivity contribution in [2.45, 2.75) is 19.8 Å². The summed E-state index contributed by atoms with van der Waals surface area (Å²) in [7, 11) is 0. The third-order valence-electron chi connectivity index (χ3n) is 5.15. The van der Waals surface area contributed by atoms with Gasteiger partial charge in [-0.3, -0.25) is 0 Å². The second-order valence-electron chi connectivity index (χ2n) is 7.65. The summed E-state index contributed by atoms with van der Waals surface area (Å²) >= 11 is 0.